The third-order valence-electron chi connectivity index (χ3n) is 2.40. The van der Waals surface area contributed by atoms with Crippen molar-refractivity contribution < 1.29 is 18.0 Å². The topological polar surface area (TPSA) is 92.4 Å². The molecule has 2 rings (SSSR count). The number of aliphatic hydroxyl groups is 1. The Bertz CT molecular complexity index is 818. The minimum atomic E-state index is -3.88. The molecule has 2 aromatic rings. The molecule has 0 aliphatic rings. The van der Waals surface area contributed by atoms with Gasteiger partial charge in [-0.2, -0.15) is 0 Å². The van der Waals surface area contributed by atoms with Crippen molar-refractivity contribution in [2.45, 2.75) is 11.8 Å². The molecular formula is C13H11ClN2O4S. The Morgan fingerprint density at radius 1 is 1.43 bits per heavy atom. The fraction of sp³-hybridized carbons (Fsp3) is 0.154. The molecule has 1 aromatic carbocycles. The third kappa shape index (κ3) is 3.76. The second kappa shape index (κ2) is 6.18. The van der Waals surface area contributed by atoms with E-state index in [-0.39, 0.29) is 22.4 Å². The quantitative estimate of drug-likeness (QED) is 0.839. The molecule has 0 unspecified atom stereocenters. The maximum atomic E-state index is 12.2. The number of nitrogens with one attached hydrogen (secondary N) is 1. The Labute approximate surface area is 126 Å². The fourth-order valence-corrected chi connectivity index (χ4v) is 3.06. The SMILES string of the molecule is Cc1cc(NS(=O)(=O)c2ccc(C#CCO)cc2Cl)on1. The van der Waals surface area contributed by atoms with Gasteiger partial charge in [0.1, 0.15) is 11.5 Å². The number of hydrogen-bond donors (Lipinski definition) is 2. The molecule has 1 heterocycles. The average Bonchev–Trinajstić information content (AvgIpc) is 2.80. The van der Waals surface area contributed by atoms with Gasteiger partial charge in [0.15, 0.2) is 0 Å². The van der Waals surface area contributed by atoms with Crippen LogP contribution >= 0.6 is 11.6 Å². The van der Waals surface area contributed by atoms with Gasteiger partial charge in [-0.15, -0.1) is 0 Å². The minimum absolute atomic E-state index is 0.00714. The van der Waals surface area contributed by atoms with Crippen molar-refractivity contribution in [1.82, 2.24) is 5.16 Å². The highest BCUT2D eigenvalue weighted by atomic mass is 35.5. The molecule has 2 N–H and O–H groups in total. The summed E-state index contributed by atoms with van der Waals surface area (Å²) in [5.74, 6) is 5.10. The van der Waals surface area contributed by atoms with Crippen LogP contribution in [0.2, 0.25) is 5.02 Å². The molecule has 6 nitrogen and oxygen atoms in total. The van der Waals surface area contributed by atoms with E-state index < -0.39 is 10.0 Å². The van der Waals surface area contributed by atoms with E-state index in [2.05, 4.69) is 21.7 Å². The number of benzene rings is 1. The van der Waals surface area contributed by atoms with Gasteiger partial charge >= 0.3 is 0 Å². The van der Waals surface area contributed by atoms with Crippen molar-refractivity contribution in [3.8, 4) is 11.8 Å². The number of sulfonamides is 1. The molecule has 110 valence electrons. The zero-order valence-corrected chi connectivity index (χ0v) is 12.5. The Morgan fingerprint density at radius 2 is 2.19 bits per heavy atom. The van der Waals surface area contributed by atoms with Gasteiger partial charge in [0, 0.05) is 11.6 Å². The molecule has 0 fully saturated rings. The van der Waals surface area contributed by atoms with Crippen molar-refractivity contribution in [2.75, 3.05) is 11.3 Å². The first kappa shape index (κ1) is 15.4. The number of halogens is 1. The highest BCUT2D eigenvalue weighted by Gasteiger charge is 2.20. The lowest BCUT2D eigenvalue weighted by Gasteiger charge is -2.06. The van der Waals surface area contributed by atoms with Gasteiger partial charge in [0.2, 0.25) is 5.88 Å². The monoisotopic (exact) mass is 326 g/mol. The Hall–Kier alpha value is -2.01. The van der Waals surface area contributed by atoms with Gasteiger partial charge in [-0.3, -0.25) is 0 Å². The molecule has 0 radical (unpaired) electrons. The van der Waals surface area contributed by atoms with E-state index in [1.807, 2.05) is 0 Å². The fourth-order valence-electron chi connectivity index (χ4n) is 1.54. The number of aromatic nitrogens is 1. The average molecular weight is 327 g/mol. The lowest BCUT2D eigenvalue weighted by Crippen LogP contribution is -2.13. The molecule has 21 heavy (non-hydrogen) atoms. The van der Waals surface area contributed by atoms with E-state index in [0.717, 1.165) is 0 Å². The molecule has 0 spiro atoms. The molecule has 0 aliphatic carbocycles. The molecular weight excluding hydrogens is 316 g/mol. The summed E-state index contributed by atoms with van der Waals surface area (Å²) in [4.78, 5) is -0.104. The normalized spacial score (nSPS) is 10.8. The van der Waals surface area contributed by atoms with E-state index in [4.69, 9.17) is 21.2 Å². The highest BCUT2D eigenvalue weighted by molar-refractivity contribution is 7.92. The lowest BCUT2D eigenvalue weighted by atomic mass is 10.2. The van der Waals surface area contributed by atoms with E-state index >= 15 is 0 Å². The molecule has 0 saturated carbocycles. The number of rotatable bonds is 3. The van der Waals surface area contributed by atoms with Gasteiger partial charge in [-0.05, 0) is 25.1 Å². The first-order valence-electron chi connectivity index (χ1n) is 5.78. The van der Waals surface area contributed by atoms with Crippen LogP contribution in [0.1, 0.15) is 11.3 Å². The molecule has 0 atom stereocenters. The second-order valence-electron chi connectivity index (χ2n) is 4.04. The second-order valence-corrected chi connectivity index (χ2v) is 6.10. The summed E-state index contributed by atoms with van der Waals surface area (Å²) < 4.78 is 31.4. The van der Waals surface area contributed by atoms with E-state index in [1.165, 1.54) is 24.3 Å². The highest BCUT2D eigenvalue weighted by Crippen LogP contribution is 2.25. The van der Waals surface area contributed by atoms with Crippen LogP contribution in [0.5, 0.6) is 0 Å². The summed E-state index contributed by atoms with van der Waals surface area (Å²) in [6, 6.07) is 5.68. The number of nitrogens with zero attached hydrogens (tertiary/aromatic N) is 1. The smallest absolute Gasteiger partial charge is 0.265 e. The van der Waals surface area contributed by atoms with Crippen molar-refractivity contribution in [3.05, 3.63) is 40.5 Å². The summed E-state index contributed by atoms with van der Waals surface area (Å²) in [7, 11) is -3.88. The Balaban J connectivity index is 2.32. The predicted molar refractivity (Wildman–Crippen MR) is 77.5 cm³/mol. The van der Waals surface area contributed by atoms with Crippen LogP contribution in [0, 0.1) is 18.8 Å². The Morgan fingerprint density at radius 3 is 2.76 bits per heavy atom. The standard InChI is InChI=1S/C13H11ClN2O4S/c1-9-7-13(20-15-9)16-21(18,19)12-5-4-10(3-2-6-17)8-11(12)14/h4-5,7-8,16-17H,6H2,1H3. The maximum absolute atomic E-state index is 12.2. The van der Waals surface area contributed by atoms with Gasteiger partial charge in [-0.25, -0.2) is 13.1 Å². The number of aliphatic hydroxyl groups excluding tert-OH is 1. The van der Waals surface area contributed by atoms with Crippen LogP contribution in [0.25, 0.3) is 0 Å². The van der Waals surface area contributed by atoms with Gasteiger partial charge in [-0.1, -0.05) is 28.6 Å². The molecule has 0 bridgehead atoms. The summed E-state index contributed by atoms with van der Waals surface area (Å²) in [6.45, 7) is 1.38. The number of hydrogen-bond acceptors (Lipinski definition) is 5. The molecule has 0 saturated heterocycles. The zero-order chi connectivity index (χ0) is 15.5. The van der Waals surface area contributed by atoms with Crippen molar-refractivity contribution in [3.63, 3.8) is 0 Å². The molecule has 0 aliphatic heterocycles. The van der Waals surface area contributed by atoms with Crippen LogP contribution < -0.4 is 4.72 Å². The van der Waals surface area contributed by atoms with Crippen LogP contribution in [0.15, 0.2) is 33.7 Å². The number of aryl methyl sites for hydroxylation is 1. The molecule has 1 aromatic heterocycles. The predicted octanol–water partition coefficient (Wildman–Crippen LogP) is 1.78. The van der Waals surface area contributed by atoms with Crippen molar-refractivity contribution >= 4 is 27.5 Å². The van der Waals surface area contributed by atoms with Crippen LogP contribution in [-0.4, -0.2) is 25.3 Å². The van der Waals surface area contributed by atoms with Crippen LogP contribution in [0.3, 0.4) is 0 Å². The first-order valence-corrected chi connectivity index (χ1v) is 7.64. The van der Waals surface area contributed by atoms with E-state index in [9.17, 15) is 8.42 Å². The zero-order valence-electron chi connectivity index (χ0n) is 10.9. The minimum Gasteiger partial charge on any atom is -0.384 e. The number of anilines is 1. The van der Waals surface area contributed by atoms with Crippen LogP contribution in [-0.2, 0) is 10.0 Å². The summed E-state index contributed by atoms with van der Waals surface area (Å²) in [5, 5.41) is 12.2. The largest absolute Gasteiger partial charge is 0.384 e. The van der Waals surface area contributed by atoms with Gasteiger partial charge in [0.25, 0.3) is 10.0 Å². The van der Waals surface area contributed by atoms with Crippen molar-refractivity contribution in [2.24, 2.45) is 0 Å². The Kier molecular flexibility index (Phi) is 4.53. The van der Waals surface area contributed by atoms with Gasteiger partial charge < -0.3 is 9.63 Å². The van der Waals surface area contributed by atoms with Gasteiger partial charge in [0.05, 0.1) is 10.7 Å². The summed E-state index contributed by atoms with van der Waals surface area (Å²) in [5.41, 5.74) is 1.05. The lowest BCUT2D eigenvalue weighted by molar-refractivity contribution is 0.350. The molecule has 8 heteroatoms. The molecule has 0 amide bonds. The summed E-state index contributed by atoms with van der Waals surface area (Å²) in [6.07, 6.45) is 0. The van der Waals surface area contributed by atoms with E-state index in [1.54, 1.807) is 6.92 Å². The van der Waals surface area contributed by atoms with Crippen molar-refractivity contribution in [1.29, 1.82) is 0 Å². The summed E-state index contributed by atoms with van der Waals surface area (Å²) >= 11 is 5.97. The maximum Gasteiger partial charge on any atom is 0.265 e. The first-order chi connectivity index (χ1) is 9.92. The third-order valence-corrected chi connectivity index (χ3v) is 4.23. The van der Waals surface area contributed by atoms with Crippen LogP contribution in [0.4, 0.5) is 5.88 Å². The van der Waals surface area contributed by atoms with E-state index in [0.29, 0.717) is 11.3 Å².